The summed E-state index contributed by atoms with van der Waals surface area (Å²) < 4.78 is 0. The van der Waals surface area contributed by atoms with E-state index in [1.165, 1.54) is 77.5 Å². The van der Waals surface area contributed by atoms with Crippen molar-refractivity contribution in [3.63, 3.8) is 0 Å². The number of piperidine rings is 1. The molecule has 1 aliphatic carbocycles. The zero-order chi connectivity index (χ0) is 10.8. The molecule has 0 aromatic carbocycles. The zero-order valence-corrected chi connectivity index (χ0v) is 10.5. The molecule has 3 aliphatic rings. The first-order valence-corrected chi connectivity index (χ1v) is 7.41. The highest BCUT2D eigenvalue weighted by molar-refractivity contribution is 4.88. The normalized spacial score (nSPS) is 34.9. The molecule has 0 aromatic heterocycles. The molecule has 1 unspecified atom stereocenters. The van der Waals surface area contributed by atoms with Gasteiger partial charge in [-0.3, -0.25) is 9.80 Å². The molecule has 92 valence electrons. The molecule has 16 heavy (non-hydrogen) atoms. The average molecular weight is 222 g/mol. The van der Waals surface area contributed by atoms with E-state index in [1.54, 1.807) is 0 Å². The Bertz CT molecular complexity index is 220. The fourth-order valence-electron chi connectivity index (χ4n) is 3.96. The average Bonchev–Trinajstić information content (AvgIpc) is 2.39. The van der Waals surface area contributed by atoms with Crippen LogP contribution in [-0.2, 0) is 0 Å². The van der Waals surface area contributed by atoms with Crippen LogP contribution in [-0.4, -0.2) is 48.1 Å². The second kappa shape index (κ2) is 5.05. The van der Waals surface area contributed by atoms with Crippen LogP contribution in [0.4, 0.5) is 0 Å². The van der Waals surface area contributed by atoms with Gasteiger partial charge in [-0.2, -0.15) is 0 Å². The van der Waals surface area contributed by atoms with E-state index in [1.807, 2.05) is 0 Å². The van der Waals surface area contributed by atoms with Gasteiger partial charge in [-0.15, -0.1) is 0 Å². The minimum absolute atomic E-state index is 0.907. The molecule has 2 heterocycles. The van der Waals surface area contributed by atoms with Gasteiger partial charge < -0.3 is 0 Å². The summed E-state index contributed by atoms with van der Waals surface area (Å²) in [6, 6.07) is 1.85. The number of hydrogen-bond donors (Lipinski definition) is 0. The first-order valence-electron chi connectivity index (χ1n) is 7.41. The minimum atomic E-state index is 0.907. The van der Waals surface area contributed by atoms with Crippen molar-refractivity contribution in [2.45, 2.75) is 63.5 Å². The maximum Gasteiger partial charge on any atom is 0.0223 e. The van der Waals surface area contributed by atoms with Crippen LogP contribution in [0.15, 0.2) is 0 Å². The van der Waals surface area contributed by atoms with Crippen LogP contribution < -0.4 is 0 Å². The minimum Gasteiger partial charge on any atom is -0.298 e. The third-order valence-electron chi connectivity index (χ3n) is 4.96. The van der Waals surface area contributed by atoms with Crippen LogP contribution in [0.2, 0.25) is 0 Å². The number of hydrogen-bond acceptors (Lipinski definition) is 2. The maximum absolute atomic E-state index is 2.83. The molecule has 3 rings (SSSR count). The van der Waals surface area contributed by atoms with Crippen molar-refractivity contribution >= 4 is 0 Å². The van der Waals surface area contributed by atoms with Crippen LogP contribution in [0.25, 0.3) is 0 Å². The van der Waals surface area contributed by atoms with E-state index < -0.39 is 0 Å². The molecule has 0 aromatic rings. The van der Waals surface area contributed by atoms with E-state index in [9.17, 15) is 0 Å². The highest BCUT2D eigenvalue weighted by Crippen LogP contribution is 2.27. The van der Waals surface area contributed by atoms with Crippen molar-refractivity contribution in [3.05, 3.63) is 0 Å². The molecule has 2 aliphatic heterocycles. The van der Waals surface area contributed by atoms with Gasteiger partial charge in [0.1, 0.15) is 0 Å². The Morgan fingerprint density at radius 1 is 0.562 bits per heavy atom. The first-order chi connectivity index (χ1) is 7.93. The molecule has 1 saturated carbocycles. The molecule has 0 spiro atoms. The number of fused-ring (bicyclic) bond motifs is 1. The lowest BCUT2D eigenvalue weighted by molar-refractivity contribution is 0.0185. The molecule has 2 saturated heterocycles. The summed E-state index contributed by atoms with van der Waals surface area (Å²) in [6.45, 7) is 5.45. The lowest BCUT2D eigenvalue weighted by Crippen LogP contribution is -2.57. The van der Waals surface area contributed by atoms with Gasteiger partial charge in [-0.05, 0) is 32.2 Å². The van der Waals surface area contributed by atoms with Crippen molar-refractivity contribution in [2.75, 3.05) is 26.2 Å². The van der Waals surface area contributed by atoms with Crippen LogP contribution in [0.5, 0.6) is 0 Å². The van der Waals surface area contributed by atoms with Gasteiger partial charge in [0.2, 0.25) is 0 Å². The molecular formula is C14H26N2. The molecule has 0 N–H and O–H groups in total. The highest BCUT2D eigenvalue weighted by Gasteiger charge is 2.32. The van der Waals surface area contributed by atoms with Gasteiger partial charge in [0, 0.05) is 31.7 Å². The molecule has 2 nitrogen and oxygen atoms in total. The summed E-state index contributed by atoms with van der Waals surface area (Å²) in [4.78, 5) is 5.58. The molecule has 3 fully saturated rings. The predicted octanol–water partition coefficient (Wildman–Crippen LogP) is 2.49. The van der Waals surface area contributed by atoms with Crippen molar-refractivity contribution in [1.29, 1.82) is 0 Å². The third-order valence-corrected chi connectivity index (χ3v) is 4.96. The summed E-state index contributed by atoms with van der Waals surface area (Å²) in [5.41, 5.74) is 0. The molecule has 0 radical (unpaired) electrons. The Kier molecular flexibility index (Phi) is 3.49. The second-order valence-electron chi connectivity index (χ2n) is 5.97. The lowest BCUT2D eigenvalue weighted by atomic mass is 9.92. The van der Waals surface area contributed by atoms with E-state index in [4.69, 9.17) is 0 Å². The fraction of sp³-hybridized carbons (Fsp3) is 1.00. The summed E-state index contributed by atoms with van der Waals surface area (Å²) in [5.74, 6) is 0. The van der Waals surface area contributed by atoms with Crippen LogP contribution in [0.3, 0.4) is 0 Å². The van der Waals surface area contributed by atoms with E-state index in [0.717, 1.165) is 12.1 Å². The van der Waals surface area contributed by atoms with Gasteiger partial charge >= 0.3 is 0 Å². The van der Waals surface area contributed by atoms with E-state index in [-0.39, 0.29) is 0 Å². The Morgan fingerprint density at radius 2 is 1.25 bits per heavy atom. The summed E-state index contributed by atoms with van der Waals surface area (Å²) in [6.07, 6.45) is 11.8. The molecule has 0 amide bonds. The van der Waals surface area contributed by atoms with Crippen molar-refractivity contribution in [3.8, 4) is 0 Å². The van der Waals surface area contributed by atoms with E-state index in [2.05, 4.69) is 9.80 Å². The molecule has 1 atom stereocenters. The highest BCUT2D eigenvalue weighted by atomic mass is 15.3. The zero-order valence-electron chi connectivity index (χ0n) is 10.5. The summed E-state index contributed by atoms with van der Waals surface area (Å²) >= 11 is 0. The fourth-order valence-corrected chi connectivity index (χ4v) is 3.96. The number of rotatable bonds is 1. The van der Waals surface area contributed by atoms with Gasteiger partial charge in [0.25, 0.3) is 0 Å². The van der Waals surface area contributed by atoms with E-state index >= 15 is 0 Å². The SMILES string of the molecule is C1CCC(N2CCN3CCCCC3C2)CC1. The Labute approximate surface area is 100.0 Å². The summed E-state index contributed by atoms with van der Waals surface area (Å²) in [5, 5.41) is 0. The smallest absolute Gasteiger partial charge is 0.0223 e. The van der Waals surface area contributed by atoms with Gasteiger partial charge in [-0.25, -0.2) is 0 Å². The maximum atomic E-state index is 2.83. The van der Waals surface area contributed by atoms with E-state index in [0.29, 0.717) is 0 Å². The van der Waals surface area contributed by atoms with Crippen LogP contribution in [0, 0.1) is 0 Å². The van der Waals surface area contributed by atoms with Gasteiger partial charge in [0.05, 0.1) is 0 Å². The lowest BCUT2D eigenvalue weighted by Gasteiger charge is -2.47. The van der Waals surface area contributed by atoms with Crippen LogP contribution in [0.1, 0.15) is 51.4 Å². The Hall–Kier alpha value is -0.0800. The predicted molar refractivity (Wildman–Crippen MR) is 67.7 cm³/mol. The molecule has 0 bridgehead atoms. The van der Waals surface area contributed by atoms with Crippen molar-refractivity contribution in [2.24, 2.45) is 0 Å². The van der Waals surface area contributed by atoms with Crippen LogP contribution >= 0.6 is 0 Å². The molecule has 2 heteroatoms. The largest absolute Gasteiger partial charge is 0.298 e. The van der Waals surface area contributed by atoms with Gasteiger partial charge in [0.15, 0.2) is 0 Å². The van der Waals surface area contributed by atoms with Gasteiger partial charge in [-0.1, -0.05) is 25.7 Å². The first kappa shape index (κ1) is 11.0. The number of nitrogens with zero attached hydrogens (tertiary/aromatic N) is 2. The quantitative estimate of drug-likeness (QED) is 0.672. The summed E-state index contributed by atoms with van der Waals surface area (Å²) in [7, 11) is 0. The third kappa shape index (κ3) is 2.28. The molecular weight excluding hydrogens is 196 g/mol. The monoisotopic (exact) mass is 222 g/mol. The Balaban J connectivity index is 1.57. The Morgan fingerprint density at radius 3 is 2.12 bits per heavy atom. The standard InChI is InChI=1S/C14H26N2/c1-2-6-13(7-3-1)16-11-10-15-9-5-4-8-14(15)12-16/h13-14H,1-12H2. The second-order valence-corrected chi connectivity index (χ2v) is 5.97. The number of piperazine rings is 1. The van der Waals surface area contributed by atoms with Crippen molar-refractivity contribution < 1.29 is 0 Å². The topological polar surface area (TPSA) is 6.48 Å². The van der Waals surface area contributed by atoms with Crippen molar-refractivity contribution in [1.82, 2.24) is 9.80 Å².